The van der Waals surface area contributed by atoms with Gasteiger partial charge in [-0.2, -0.15) is 0 Å². The van der Waals surface area contributed by atoms with Gasteiger partial charge in [-0.05, 0) is 30.7 Å². The molecule has 0 aliphatic rings. The molecule has 0 spiro atoms. The second kappa shape index (κ2) is 4.79. The maximum atomic E-state index is 12.7. The monoisotopic (exact) mass is 219 g/mol. The zero-order valence-electron chi connectivity index (χ0n) is 9.15. The van der Waals surface area contributed by atoms with Gasteiger partial charge in [-0.15, -0.1) is 0 Å². The molecule has 0 aliphatic carbocycles. The minimum atomic E-state index is -0.234. The third kappa shape index (κ3) is 2.39. The molecule has 1 heterocycles. The van der Waals surface area contributed by atoms with Crippen LogP contribution in [0.15, 0.2) is 36.7 Å². The number of anilines is 2. The number of hydrogen-bond acceptors (Lipinski definition) is 2. The third-order valence-corrected chi connectivity index (χ3v) is 2.28. The molecule has 0 fully saturated rings. The van der Waals surface area contributed by atoms with E-state index in [1.165, 1.54) is 12.1 Å². The lowest BCUT2D eigenvalue weighted by Gasteiger charge is -2.08. The number of aryl methyl sites for hydroxylation is 1. The molecule has 0 atom stereocenters. The number of hydrogen-bond donors (Lipinski definition) is 1. The number of nitrogens with zero attached hydrogens (tertiary/aromatic N) is 2. The second-order valence-electron chi connectivity index (χ2n) is 3.58. The summed E-state index contributed by atoms with van der Waals surface area (Å²) in [6.45, 7) is 3.03. The van der Waals surface area contributed by atoms with Crippen molar-refractivity contribution >= 4 is 11.6 Å². The minimum absolute atomic E-state index is 0.234. The van der Waals surface area contributed by atoms with Crippen molar-refractivity contribution in [3.8, 4) is 0 Å². The van der Waals surface area contributed by atoms with Gasteiger partial charge in [-0.3, -0.25) is 0 Å². The van der Waals surface area contributed by atoms with E-state index in [-0.39, 0.29) is 5.82 Å². The molecule has 1 aromatic heterocycles. The summed E-state index contributed by atoms with van der Waals surface area (Å²) in [7, 11) is 0. The van der Waals surface area contributed by atoms with Gasteiger partial charge in [-0.1, -0.05) is 6.92 Å². The van der Waals surface area contributed by atoms with Gasteiger partial charge in [0.25, 0.3) is 0 Å². The Hall–Kier alpha value is -1.84. The Labute approximate surface area is 93.9 Å². The zero-order valence-corrected chi connectivity index (χ0v) is 9.15. The van der Waals surface area contributed by atoms with Crippen molar-refractivity contribution in [1.29, 1.82) is 0 Å². The van der Waals surface area contributed by atoms with Gasteiger partial charge in [0.1, 0.15) is 5.82 Å². The van der Waals surface area contributed by atoms with Crippen molar-refractivity contribution in [3.05, 3.63) is 42.5 Å². The Balaban J connectivity index is 2.13. The molecule has 0 amide bonds. The van der Waals surface area contributed by atoms with Crippen LogP contribution in [0.4, 0.5) is 16.0 Å². The largest absolute Gasteiger partial charge is 0.326 e. The smallest absolute Gasteiger partial charge is 0.207 e. The zero-order chi connectivity index (χ0) is 11.4. The highest BCUT2D eigenvalue weighted by Crippen LogP contribution is 2.15. The summed E-state index contributed by atoms with van der Waals surface area (Å²) in [6.07, 6.45) is 4.73. The molecule has 1 aromatic carbocycles. The van der Waals surface area contributed by atoms with E-state index in [4.69, 9.17) is 0 Å². The highest BCUT2D eigenvalue weighted by atomic mass is 19.1. The van der Waals surface area contributed by atoms with E-state index in [9.17, 15) is 4.39 Å². The maximum Gasteiger partial charge on any atom is 0.207 e. The fourth-order valence-corrected chi connectivity index (χ4v) is 1.52. The molecule has 0 bridgehead atoms. The van der Waals surface area contributed by atoms with Crippen LogP contribution in [0.1, 0.15) is 13.3 Å². The molecule has 3 nitrogen and oxygen atoms in total. The van der Waals surface area contributed by atoms with Gasteiger partial charge in [0.2, 0.25) is 5.95 Å². The van der Waals surface area contributed by atoms with Crippen LogP contribution in [0.3, 0.4) is 0 Å². The first-order valence-corrected chi connectivity index (χ1v) is 5.33. The first-order valence-electron chi connectivity index (χ1n) is 5.33. The summed E-state index contributed by atoms with van der Waals surface area (Å²) < 4.78 is 14.7. The third-order valence-electron chi connectivity index (χ3n) is 2.28. The molecule has 0 saturated carbocycles. The Morgan fingerprint density at radius 1 is 1.31 bits per heavy atom. The van der Waals surface area contributed by atoms with E-state index in [1.54, 1.807) is 18.3 Å². The first kappa shape index (κ1) is 10.7. The number of nitrogens with one attached hydrogen (secondary N) is 1. The molecular formula is C12H14FN3. The minimum Gasteiger partial charge on any atom is -0.326 e. The van der Waals surface area contributed by atoms with Crippen LogP contribution in [-0.2, 0) is 6.54 Å². The van der Waals surface area contributed by atoms with Crippen molar-refractivity contribution in [3.63, 3.8) is 0 Å². The van der Waals surface area contributed by atoms with E-state index in [1.807, 2.05) is 10.8 Å². The summed E-state index contributed by atoms with van der Waals surface area (Å²) in [5.74, 6) is 0.552. The van der Waals surface area contributed by atoms with Gasteiger partial charge in [-0.25, -0.2) is 9.37 Å². The molecule has 0 unspecified atom stereocenters. The second-order valence-corrected chi connectivity index (χ2v) is 3.58. The van der Waals surface area contributed by atoms with E-state index in [2.05, 4.69) is 17.2 Å². The van der Waals surface area contributed by atoms with Gasteiger partial charge in [0.05, 0.1) is 0 Å². The lowest BCUT2D eigenvalue weighted by atomic mass is 10.3. The fraction of sp³-hybridized carbons (Fsp3) is 0.250. The fourth-order valence-electron chi connectivity index (χ4n) is 1.52. The van der Waals surface area contributed by atoms with Crippen molar-refractivity contribution < 1.29 is 4.39 Å². The topological polar surface area (TPSA) is 29.9 Å². The van der Waals surface area contributed by atoms with Gasteiger partial charge >= 0.3 is 0 Å². The van der Waals surface area contributed by atoms with Crippen LogP contribution in [0.5, 0.6) is 0 Å². The number of imidazole rings is 1. The van der Waals surface area contributed by atoms with E-state index in [0.717, 1.165) is 24.6 Å². The average Bonchev–Trinajstić information content (AvgIpc) is 2.70. The standard InChI is InChI=1S/C12H14FN3/c1-2-8-16-9-7-14-12(16)15-11-5-3-10(13)4-6-11/h3-7,9H,2,8H2,1H3,(H,14,15). The predicted octanol–water partition coefficient (Wildman–Crippen LogP) is 3.18. The maximum absolute atomic E-state index is 12.7. The van der Waals surface area contributed by atoms with Crippen LogP contribution in [0.2, 0.25) is 0 Å². The molecule has 0 saturated heterocycles. The van der Waals surface area contributed by atoms with Crippen LogP contribution in [0, 0.1) is 5.82 Å². The average molecular weight is 219 g/mol. The number of rotatable bonds is 4. The lowest BCUT2D eigenvalue weighted by molar-refractivity contribution is 0.628. The van der Waals surface area contributed by atoms with Crippen LogP contribution in [-0.4, -0.2) is 9.55 Å². The normalized spacial score (nSPS) is 10.4. The predicted molar refractivity (Wildman–Crippen MR) is 62.2 cm³/mol. The van der Waals surface area contributed by atoms with E-state index in [0.29, 0.717) is 0 Å². The van der Waals surface area contributed by atoms with Gasteiger partial charge in [0, 0.05) is 24.6 Å². The van der Waals surface area contributed by atoms with Crippen LogP contribution < -0.4 is 5.32 Å². The Kier molecular flexibility index (Phi) is 3.19. The summed E-state index contributed by atoms with van der Waals surface area (Å²) in [4.78, 5) is 4.21. The van der Waals surface area contributed by atoms with Crippen LogP contribution in [0.25, 0.3) is 0 Å². The highest BCUT2D eigenvalue weighted by molar-refractivity contribution is 5.53. The van der Waals surface area contributed by atoms with E-state index < -0.39 is 0 Å². The molecular weight excluding hydrogens is 205 g/mol. The van der Waals surface area contributed by atoms with Gasteiger partial charge in [0.15, 0.2) is 0 Å². The van der Waals surface area contributed by atoms with Crippen molar-refractivity contribution in [2.24, 2.45) is 0 Å². The molecule has 84 valence electrons. The highest BCUT2D eigenvalue weighted by Gasteiger charge is 2.01. The molecule has 0 radical (unpaired) electrons. The molecule has 0 aliphatic heterocycles. The number of benzene rings is 1. The van der Waals surface area contributed by atoms with Crippen molar-refractivity contribution in [2.75, 3.05) is 5.32 Å². The quantitative estimate of drug-likeness (QED) is 0.855. The Bertz CT molecular complexity index is 448. The molecule has 1 N–H and O–H groups in total. The summed E-state index contributed by atoms with van der Waals surface area (Å²) in [6, 6.07) is 6.24. The van der Waals surface area contributed by atoms with Gasteiger partial charge < -0.3 is 9.88 Å². The Morgan fingerprint density at radius 2 is 2.06 bits per heavy atom. The molecule has 16 heavy (non-hydrogen) atoms. The van der Waals surface area contributed by atoms with Crippen molar-refractivity contribution in [1.82, 2.24) is 9.55 Å². The SMILES string of the molecule is CCCn1ccnc1Nc1ccc(F)cc1. The lowest BCUT2D eigenvalue weighted by Crippen LogP contribution is -2.02. The summed E-state index contributed by atoms with van der Waals surface area (Å²) >= 11 is 0. The Morgan fingerprint density at radius 3 is 2.75 bits per heavy atom. The summed E-state index contributed by atoms with van der Waals surface area (Å²) in [5.41, 5.74) is 0.838. The first-order chi connectivity index (χ1) is 7.79. The molecule has 4 heteroatoms. The summed E-state index contributed by atoms with van der Waals surface area (Å²) in [5, 5.41) is 3.15. The van der Waals surface area contributed by atoms with Crippen molar-refractivity contribution in [2.45, 2.75) is 19.9 Å². The molecule has 2 rings (SSSR count). The number of halogens is 1. The molecule has 2 aromatic rings. The van der Waals surface area contributed by atoms with Crippen LogP contribution >= 0.6 is 0 Å². The van der Waals surface area contributed by atoms with E-state index >= 15 is 0 Å². The number of aromatic nitrogens is 2.